The molecule has 0 rings (SSSR count). The van der Waals surface area contributed by atoms with E-state index in [9.17, 15) is 9.59 Å². The van der Waals surface area contributed by atoms with Crippen molar-refractivity contribution in [3.63, 3.8) is 0 Å². The predicted octanol–water partition coefficient (Wildman–Crippen LogP) is -1.86. The fourth-order valence-electron chi connectivity index (χ4n) is 0.246. The maximum atomic E-state index is 10.2. The Bertz CT molecular complexity index is 128. The molecular weight excluding hydrogens is 183 g/mol. The van der Waals surface area contributed by atoms with Gasteiger partial charge in [-0.05, 0) is 0 Å². The summed E-state index contributed by atoms with van der Waals surface area (Å²) in [7, 11) is 0. The zero-order valence-electron chi connectivity index (χ0n) is 5.09. The van der Waals surface area contributed by atoms with Gasteiger partial charge in [0.1, 0.15) is 6.54 Å². The van der Waals surface area contributed by atoms with Crippen LogP contribution >= 0.6 is 0 Å². The van der Waals surface area contributed by atoms with Gasteiger partial charge in [0.15, 0.2) is 0 Å². The SMILES string of the molecule is NCC(=O)NCC(=O)O.[Co]. The third kappa shape index (κ3) is 7.41. The van der Waals surface area contributed by atoms with Crippen LogP contribution in [0.1, 0.15) is 0 Å². The number of carbonyl (C=O) groups is 2. The molecule has 0 atom stereocenters. The van der Waals surface area contributed by atoms with E-state index in [1.165, 1.54) is 0 Å². The van der Waals surface area contributed by atoms with E-state index in [1.807, 2.05) is 0 Å². The van der Waals surface area contributed by atoms with Gasteiger partial charge < -0.3 is 16.2 Å². The number of nitrogens with two attached hydrogens (primary N) is 1. The van der Waals surface area contributed by atoms with Gasteiger partial charge in [0.25, 0.3) is 0 Å². The van der Waals surface area contributed by atoms with Crippen LogP contribution in [0.2, 0.25) is 0 Å². The summed E-state index contributed by atoms with van der Waals surface area (Å²) in [6, 6.07) is 0. The molecule has 0 heterocycles. The molecule has 1 amide bonds. The molecule has 0 spiro atoms. The molecule has 0 saturated carbocycles. The van der Waals surface area contributed by atoms with E-state index in [-0.39, 0.29) is 29.9 Å². The summed E-state index contributed by atoms with van der Waals surface area (Å²) in [4.78, 5) is 20.0. The van der Waals surface area contributed by atoms with E-state index < -0.39 is 11.9 Å². The first kappa shape index (κ1) is 12.1. The molecule has 0 aromatic rings. The Hall–Kier alpha value is -0.594. The Morgan fingerprint density at radius 2 is 2.00 bits per heavy atom. The van der Waals surface area contributed by atoms with Gasteiger partial charge in [-0.15, -0.1) is 0 Å². The van der Waals surface area contributed by atoms with Crippen molar-refractivity contribution in [1.82, 2.24) is 5.32 Å². The Kier molecular flexibility index (Phi) is 7.91. The van der Waals surface area contributed by atoms with Gasteiger partial charge in [0, 0.05) is 16.8 Å². The van der Waals surface area contributed by atoms with Gasteiger partial charge in [-0.2, -0.15) is 0 Å². The van der Waals surface area contributed by atoms with Crippen molar-refractivity contribution in [3.8, 4) is 0 Å². The number of hydrogen-bond acceptors (Lipinski definition) is 3. The maximum absolute atomic E-state index is 10.2. The summed E-state index contributed by atoms with van der Waals surface area (Å²) in [5.41, 5.74) is 4.85. The van der Waals surface area contributed by atoms with E-state index in [1.54, 1.807) is 0 Å². The van der Waals surface area contributed by atoms with Crippen LogP contribution in [-0.2, 0) is 26.4 Å². The summed E-state index contributed by atoms with van der Waals surface area (Å²) < 4.78 is 0. The van der Waals surface area contributed by atoms with Crippen molar-refractivity contribution < 1.29 is 31.5 Å². The van der Waals surface area contributed by atoms with Gasteiger partial charge in [-0.3, -0.25) is 9.59 Å². The second kappa shape index (κ2) is 6.53. The van der Waals surface area contributed by atoms with Crippen molar-refractivity contribution in [3.05, 3.63) is 0 Å². The number of aliphatic carboxylic acids is 1. The third-order valence-corrected chi connectivity index (χ3v) is 0.622. The first-order valence-corrected chi connectivity index (χ1v) is 2.35. The number of amides is 1. The minimum atomic E-state index is -1.07. The minimum absolute atomic E-state index is 0. The molecule has 0 aromatic heterocycles. The standard InChI is InChI=1S/C4H8N2O3.Co/c5-1-3(7)6-2-4(8)9;/h1-2,5H2,(H,6,7)(H,8,9);. The summed E-state index contributed by atoms with van der Waals surface area (Å²) in [5.74, 6) is -1.53. The molecule has 0 aromatic carbocycles. The molecule has 4 N–H and O–H groups in total. The normalized spacial score (nSPS) is 7.70. The maximum Gasteiger partial charge on any atom is 0.322 e. The monoisotopic (exact) mass is 191 g/mol. The molecule has 0 unspecified atom stereocenters. The van der Waals surface area contributed by atoms with Crippen LogP contribution in [0.5, 0.6) is 0 Å². The number of carboxylic acid groups (broad SMARTS) is 1. The predicted molar refractivity (Wildman–Crippen MR) is 29.7 cm³/mol. The fraction of sp³-hybridized carbons (Fsp3) is 0.500. The van der Waals surface area contributed by atoms with Crippen molar-refractivity contribution >= 4 is 11.9 Å². The largest absolute Gasteiger partial charge is 0.480 e. The summed E-state index contributed by atoms with van der Waals surface area (Å²) in [6.45, 7) is -0.538. The zero-order valence-corrected chi connectivity index (χ0v) is 6.13. The zero-order chi connectivity index (χ0) is 7.28. The van der Waals surface area contributed by atoms with Crippen LogP contribution in [0, 0.1) is 0 Å². The average molecular weight is 191 g/mol. The Morgan fingerprint density at radius 3 is 2.30 bits per heavy atom. The van der Waals surface area contributed by atoms with E-state index in [4.69, 9.17) is 10.8 Å². The Morgan fingerprint density at radius 1 is 1.50 bits per heavy atom. The topological polar surface area (TPSA) is 92.4 Å². The van der Waals surface area contributed by atoms with E-state index in [0.29, 0.717) is 0 Å². The first-order chi connectivity index (χ1) is 4.16. The Balaban J connectivity index is 0. The molecule has 10 heavy (non-hydrogen) atoms. The van der Waals surface area contributed by atoms with Gasteiger partial charge in [-0.25, -0.2) is 0 Å². The molecule has 6 heteroatoms. The van der Waals surface area contributed by atoms with Gasteiger partial charge >= 0.3 is 5.97 Å². The van der Waals surface area contributed by atoms with Crippen molar-refractivity contribution in [1.29, 1.82) is 0 Å². The minimum Gasteiger partial charge on any atom is -0.480 e. The van der Waals surface area contributed by atoms with Gasteiger partial charge in [0.2, 0.25) is 5.91 Å². The van der Waals surface area contributed by atoms with Crippen LogP contribution in [0.3, 0.4) is 0 Å². The number of nitrogens with one attached hydrogen (secondary N) is 1. The van der Waals surface area contributed by atoms with Crippen LogP contribution in [0.25, 0.3) is 0 Å². The van der Waals surface area contributed by atoms with E-state index in [2.05, 4.69) is 5.32 Å². The van der Waals surface area contributed by atoms with Crippen molar-refractivity contribution in [2.75, 3.05) is 13.1 Å². The van der Waals surface area contributed by atoms with E-state index >= 15 is 0 Å². The first-order valence-electron chi connectivity index (χ1n) is 2.35. The molecule has 0 aliphatic rings. The van der Waals surface area contributed by atoms with Crippen LogP contribution in [0.4, 0.5) is 0 Å². The van der Waals surface area contributed by atoms with Crippen molar-refractivity contribution in [2.45, 2.75) is 0 Å². The third-order valence-electron chi connectivity index (χ3n) is 0.622. The molecule has 0 saturated heterocycles. The number of hydrogen-bond donors (Lipinski definition) is 3. The molecule has 1 radical (unpaired) electrons. The molecule has 0 aliphatic carbocycles. The number of carboxylic acids is 1. The van der Waals surface area contributed by atoms with Gasteiger partial charge in [-0.1, -0.05) is 0 Å². The molecule has 0 bridgehead atoms. The van der Waals surface area contributed by atoms with Crippen LogP contribution in [0.15, 0.2) is 0 Å². The molecule has 0 aliphatic heterocycles. The smallest absolute Gasteiger partial charge is 0.322 e. The number of rotatable bonds is 3. The summed E-state index contributed by atoms with van der Waals surface area (Å²) >= 11 is 0. The average Bonchev–Trinajstić information content (AvgIpc) is 1.83. The molecule has 0 fully saturated rings. The second-order valence-electron chi connectivity index (χ2n) is 1.37. The van der Waals surface area contributed by atoms with Crippen molar-refractivity contribution in [2.24, 2.45) is 5.73 Å². The second-order valence-corrected chi connectivity index (χ2v) is 1.37. The Labute approximate surface area is 68.2 Å². The molecular formula is C4H8CoN2O3. The van der Waals surface area contributed by atoms with Crippen LogP contribution < -0.4 is 11.1 Å². The summed E-state index contributed by atoms with van der Waals surface area (Å²) in [5, 5.41) is 10.1. The number of carbonyl (C=O) groups excluding carboxylic acids is 1. The molecule has 5 nitrogen and oxygen atoms in total. The van der Waals surface area contributed by atoms with E-state index in [0.717, 1.165) is 0 Å². The van der Waals surface area contributed by atoms with Crippen LogP contribution in [-0.4, -0.2) is 30.1 Å². The fourth-order valence-corrected chi connectivity index (χ4v) is 0.246. The molecule has 61 valence electrons. The quantitative estimate of drug-likeness (QED) is 0.487. The summed E-state index contributed by atoms with van der Waals surface area (Å²) in [6.07, 6.45) is 0. The van der Waals surface area contributed by atoms with Gasteiger partial charge in [0.05, 0.1) is 6.54 Å².